The number of rotatable bonds is 1. The monoisotopic (exact) mass is 270 g/mol. The number of pyridine rings is 1. The van der Waals surface area contributed by atoms with Crippen LogP contribution in [0.2, 0.25) is 0 Å². The summed E-state index contributed by atoms with van der Waals surface area (Å²) in [5.41, 5.74) is -1.56. The maximum Gasteiger partial charge on any atom is 0.417 e. The average molecular weight is 270 g/mol. The lowest BCUT2D eigenvalue weighted by Crippen LogP contribution is -2.14. The maximum atomic E-state index is 12.9. The summed E-state index contributed by atoms with van der Waals surface area (Å²) >= 11 is 0. The van der Waals surface area contributed by atoms with E-state index in [0.717, 1.165) is 0 Å². The Morgan fingerprint density at radius 3 is 2.53 bits per heavy atom. The molecular formula is C12H9F3N2O2. The van der Waals surface area contributed by atoms with E-state index in [1.807, 2.05) is 0 Å². The zero-order valence-corrected chi connectivity index (χ0v) is 9.76. The molecule has 0 aliphatic rings. The Labute approximate surface area is 105 Å². The van der Waals surface area contributed by atoms with Crippen LogP contribution in [-0.4, -0.2) is 10.9 Å². The fraction of sp³-hybridized carbons (Fsp3) is 0.167. The van der Waals surface area contributed by atoms with Gasteiger partial charge in [-0.25, -0.2) is 0 Å². The van der Waals surface area contributed by atoms with Gasteiger partial charge in [0.15, 0.2) is 0 Å². The van der Waals surface area contributed by atoms with Crippen LogP contribution in [0.5, 0.6) is 0 Å². The first-order valence-electron chi connectivity index (χ1n) is 5.29. The summed E-state index contributed by atoms with van der Waals surface area (Å²) in [6.45, 7) is 1.25. The number of fused-ring (bicyclic) bond motifs is 1. The average Bonchev–Trinajstić information content (AvgIpc) is 2.26. The van der Waals surface area contributed by atoms with Crippen LogP contribution in [0, 0.1) is 0 Å². The number of nitrogens with one attached hydrogen (secondary N) is 2. The Morgan fingerprint density at radius 1 is 1.26 bits per heavy atom. The van der Waals surface area contributed by atoms with E-state index in [-0.39, 0.29) is 16.6 Å². The van der Waals surface area contributed by atoms with Crippen molar-refractivity contribution in [3.63, 3.8) is 0 Å². The van der Waals surface area contributed by atoms with Gasteiger partial charge >= 0.3 is 6.18 Å². The van der Waals surface area contributed by atoms with E-state index in [9.17, 15) is 22.8 Å². The largest absolute Gasteiger partial charge is 0.417 e. The molecule has 1 aromatic heterocycles. The SMILES string of the molecule is CC(=O)Nc1ccc2[nH]c(=O)cc(C(F)(F)F)c2c1. The predicted molar refractivity (Wildman–Crippen MR) is 63.9 cm³/mol. The van der Waals surface area contributed by atoms with Crippen molar-refractivity contribution < 1.29 is 18.0 Å². The maximum absolute atomic E-state index is 12.9. The molecule has 1 amide bonds. The molecule has 7 heteroatoms. The first-order chi connectivity index (χ1) is 8.77. The van der Waals surface area contributed by atoms with Crippen molar-refractivity contribution in [2.45, 2.75) is 13.1 Å². The number of amides is 1. The Hall–Kier alpha value is -2.31. The highest BCUT2D eigenvalue weighted by atomic mass is 19.4. The van der Waals surface area contributed by atoms with Crippen molar-refractivity contribution >= 4 is 22.5 Å². The molecule has 2 aromatic rings. The number of H-pyrrole nitrogens is 1. The second-order valence-electron chi connectivity index (χ2n) is 3.99. The molecule has 0 radical (unpaired) electrons. The second-order valence-corrected chi connectivity index (χ2v) is 3.99. The number of anilines is 1. The number of aromatic nitrogens is 1. The van der Waals surface area contributed by atoms with Gasteiger partial charge in [0, 0.05) is 29.6 Å². The van der Waals surface area contributed by atoms with Crippen LogP contribution in [0.1, 0.15) is 12.5 Å². The third-order valence-electron chi connectivity index (χ3n) is 2.47. The molecule has 0 spiro atoms. The minimum absolute atomic E-state index is 0.0638. The summed E-state index contributed by atoms with van der Waals surface area (Å²) in [6.07, 6.45) is -4.64. The molecule has 0 saturated carbocycles. The molecule has 0 unspecified atom stereocenters. The molecule has 19 heavy (non-hydrogen) atoms. The zero-order chi connectivity index (χ0) is 14.2. The van der Waals surface area contributed by atoms with Crippen molar-refractivity contribution in [2.75, 3.05) is 5.32 Å². The van der Waals surface area contributed by atoms with E-state index in [1.54, 1.807) is 0 Å². The molecule has 0 bridgehead atoms. The summed E-state index contributed by atoms with van der Waals surface area (Å²) in [7, 11) is 0. The predicted octanol–water partition coefficient (Wildman–Crippen LogP) is 2.51. The van der Waals surface area contributed by atoms with Crippen molar-refractivity contribution in [3.05, 3.63) is 40.2 Å². The fourth-order valence-corrected chi connectivity index (χ4v) is 1.77. The lowest BCUT2D eigenvalue weighted by Gasteiger charge is -2.11. The van der Waals surface area contributed by atoms with E-state index in [2.05, 4.69) is 10.3 Å². The van der Waals surface area contributed by atoms with Gasteiger partial charge in [-0.2, -0.15) is 13.2 Å². The molecular weight excluding hydrogens is 261 g/mol. The smallest absolute Gasteiger partial charge is 0.326 e. The first kappa shape index (κ1) is 13.1. The number of hydrogen-bond donors (Lipinski definition) is 2. The Balaban J connectivity index is 2.72. The Morgan fingerprint density at radius 2 is 1.95 bits per heavy atom. The molecule has 0 atom stereocenters. The molecule has 2 N–H and O–H groups in total. The highest BCUT2D eigenvalue weighted by Crippen LogP contribution is 2.34. The third-order valence-corrected chi connectivity index (χ3v) is 2.47. The Kier molecular flexibility index (Phi) is 3.05. The van der Waals surface area contributed by atoms with E-state index in [1.165, 1.54) is 25.1 Å². The highest BCUT2D eigenvalue weighted by Gasteiger charge is 2.33. The summed E-state index contributed by atoms with van der Waals surface area (Å²) < 4.78 is 38.6. The normalized spacial score (nSPS) is 11.6. The summed E-state index contributed by atoms with van der Waals surface area (Å²) in [6, 6.07) is 4.41. The van der Waals surface area contributed by atoms with Gasteiger partial charge in [-0.3, -0.25) is 9.59 Å². The lowest BCUT2D eigenvalue weighted by atomic mass is 10.1. The quantitative estimate of drug-likeness (QED) is 0.836. The minimum atomic E-state index is -4.64. The number of halogens is 3. The van der Waals surface area contributed by atoms with Gasteiger partial charge < -0.3 is 10.3 Å². The first-order valence-corrected chi connectivity index (χ1v) is 5.29. The van der Waals surface area contributed by atoms with E-state index in [4.69, 9.17) is 0 Å². The van der Waals surface area contributed by atoms with Crippen LogP contribution < -0.4 is 10.9 Å². The van der Waals surface area contributed by atoms with Crippen molar-refractivity contribution in [2.24, 2.45) is 0 Å². The number of benzene rings is 1. The topological polar surface area (TPSA) is 62.0 Å². The minimum Gasteiger partial charge on any atom is -0.326 e. The van der Waals surface area contributed by atoms with Crippen LogP contribution >= 0.6 is 0 Å². The van der Waals surface area contributed by atoms with Gasteiger partial charge in [-0.15, -0.1) is 0 Å². The molecule has 0 saturated heterocycles. The molecule has 0 aliphatic heterocycles. The van der Waals surface area contributed by atoms with Gasteiger partial charge in [-0.05, 0) is 18.2 Å². The zero-order valence-electron chi connectivity index (χ0n) is 9.76. The molecule has 100 valence electrons. The van der Waals surface area contributed by atoms with Crippen molar-refractivity contribution in [1.82, 2.24) is 4.98 Å². The molecule has 4 nitrogen and oxygen atoms in total. The molecule has 0 fully saturated rings. The Bertz CT molecular complexity index is 704. The van der Waals surface area contributed by atoms with Gasteiger partial charge in [-0.1, -0.05) is 0 Å². The molecule has 1 heterocycles. The number of hydrogen-bond acceptors (Lipinski definition) is 2. The second kappa shape index (κ2) is 4.42. The number of alkyl halides is 3. The van der Waals surface area contributed by atoms with Crippen LogP contribution in [-0.2, 0) is 11.0 Å². The number of carbonyl (C=O) groups excluding carboxylic acids is 1. The fourth-order valence-electron chi connectivity index (χ4n) is 1.77. The van der Waals surface area contributed by atoms with Gasteiger partial charge in [0.25, 0.3) is 0 Å². The van der Waals surface area contributed by atoms with Gasteiger partial charge in [0.1, 0.15) is 0 Å². The van der Waals surface area contributed by atoms with Crippen molar-refractivity contribution in [1.29, 1.82) is 0 Å². The molecule has 1 aromatic carbocycles. The van der Waals surface area contributed by atoms with Crippen LogP contribution in [0.3, 0.4) is 0 Å². The standard InChI is InChI=1S/C12H9F3N2O2/c1-6(18)16-7-2-3-10-8(4-7)9(12(13,14)15)5-11(19)17-10/h2-5H,1H3,(H,16,18)(H,17,19). The summed E-state index contributed by atoms with van der Waals surface area (Å²) in [5, 5.41) is 2.22. The molecule has 0 aliphatic carbocycles. The van der Waals surface area contributed by atoms with Gasteiger partial charge in [0.2, 0.25) is 11.5 Å². The van der Waals surface area contributed by atoms with E-state index >= 15 is 0 Å². The van der Waals surface area contributed by atoms with Gasteiger partial charge in [0.05, 0.1) is 5.56 Å². The van der Waals surface area contributed by atoms with Crippen LogP contribution in [0.15, 0.2) is 29.1 Å². The van der Waals surface area contributed by atoms with E-state index < -0.39 is 23.2 Å². The van der Waals surface area contributed by atoms with Crippen LogP contribution in [0.25, 0.3) is 10.9 Å². The van der Waals surface area contributed by atoms with Crippen molar-refractivity contribution in [3.8, 4) is 0 Å². The summed E-state index contributed by atoms with van der Waals surface area (Å²) in [4.78, 5) is 24.4. The molecule has 2 rings (SSSR count). The number of aromatic amines is 1. The van der Waals surface area contributed by atoms with E-state index in [0.29, 0.717) is 6.07 Å². The highest BCUT2D eigenvalue weighted by molar-refractivity contribution is 5.93. The summed E-state index contributed by atoms with van der Waals surface area (Å²) in [5.74, 6) is -0.391. The van der Waals surface area contributed by atoms with Crippen LogP contribution in [0.4, 0.5) is 18.9 Å². The third kappa shape index (κ3) is 2.75. The number of carbonyl (C=O) groups is 1. The lowest BCUT2D eigenvalue weighted by molar-refractivity contribution is -0.136.